The molecular formula is C21H15F3N4O5. The van der Waals surface area contributed by atoms with Crippen molar-refractivity contribution >= 4 is 23.4 Å². The van der Waals surface area contributed by atoms with Gasteiger partial charge in [0.05, 0.1) is 17.5 Å². The molecule has 3 aromatic rings. The number of nitrogens with two attached hydrogens (primary N) is 1. The lowest BCUT2D eigenvalue weighted by Crippen LogP contribution is -2.39. The molecule has 2 N–H and O–H groups in total. The minimum atomic E-state index is -4.88. The molecule has 1 unspecified atom stereocenters. The second kappa shape index (κ2) is 8.39. The van der Waals surface area contributed by atoms with Gasteiger partial charge in [0.15, 0.2) is 5.76 Å². The molecule has 1 atom stereocenters. The van der Waals surface area contributed by atoms with E-state index in [-0.39, 0.29) is 22.6 Å². The summed E-state index contributed by atoms with van der Waals surface area (Å²) in [6, 6.07) is 7.89. The van der Waals surface area contributed by atoms with Crippen LogP contribution in [0.25, 0.3) is 0 Å². The van der Waals surface area contributed by atoms with Gasteiger partial charge < -0.3 is 14.9 Å². The van der Waals surface area contributed by atoms with Crippen LogP contribution in [0.1, 0.15) is 27.8 Å². The Labute approximate surface area is 184 Å². The summed E-state index contributed by atoms with van der Waals surface area (Å²) in [5.74, 6) is -1.61. The number of pyridine rings is 1. The average molecular weight is 460 g/mol. The van der Waals surface area contributed by atoms with E-state index in [9.17, 15) is 27.6 Å². The number of nitrogens with zero attached hydrogens (tertiary/aromatic N) is 3. The highest BCUT2D eigenvalue weighted by molar-refractivity contribution is 6.20. The number of rotatable bonds is 6. The number of imide groups is 1. The predicted molar refractivity (Wildman–Crippen MR) is 106 cm³/mol. The van der Waals surface area contributed by atoms with Crippen molar-refractivity contribution in [3.05, 3.63) is 78.0 Å². The third-order valence-electron chi connectivity index (χ3n) is 4.82. The van der Waals surface area contributed by atoms with Crippen LogP contribution < -0.4 is 15.4 Å². The summed E-state index contributed by atoms with van der Waals surface area (Å²) in [6.07, 6.45) is -2.07. The molecule has 1 aromatic carbocycles. The molecule has 3 heterocycles. The van der Waals surface area contributed by atoms with E-state index < -0.39 is 42.5 Å². The number of amides is 3. The van der Waals surface area contributed by atoms with Gasteiger partial charge in [-0.15, -0.1) is 13.2 Å². The summed E-state index contributed by atoms with van der Waals surface area (Å²) < 4.78 is 46.0. The van der Waals surface area contributed by atoms with Crippen LogP contribution in [0.15, 0.2) is 65.5 Å². The molecule has 0 spiro atoms. The fraction of sp³-hybridized carbons (Fsp3) is 0.143. The Morgan fingerprint density at radius 1 is 1.15 bits per heavy atom. The van der Waals surface area contributed by atoms with Crippen LogP contribution in [-0.4, -0.2) is 40.5 Å². The number of hydrogen-bond donors (Lipinski definition) is 1. The zero-order valence-electron chi connectivity index (χ0n) is 16.7. The van der Waals surface area contributed by atoms with Crippen LogP contribution in [0.5, 0.6) is 5.75 Å². The summed E-state index contributed by atoms with van der Waals surface area (Å²) in [5, 5.41) is 0. The van der Waals surface area contributed by atoms with Crippen LogP contribution in [0, 0.1) is 0 Å². The van der Waals surface area contributed by atoms with Gasteiger partial charge in [-0.1, -0.05) is 0 Å². The molecule has 0 saturated carbocycles. The summed E-state index contributed by atoms with van der Waals surface area (Å²) in [5.41, 5.74) is 6.62. The molecule has 1 saturated heterocycles. The van der Waals surface area contributed by atoms with Crippen LogP contribution in [0.2, 0.25) is 0 Å². The number of furan rings is 1. The Bertz CT molecular complexity index is 1200. The quantitative estimate of drug-likeness (QED) is 0.443. The largest absolute Gasteiger partial charge is 0.573 e. The molecule has 4 rings (SSSR count). The van der Waals surface area contributed by atoms with Crippen molar-refractivity contribution in [2.24, 2.45) is 5.73 Å². The van der Waals surface area contributed by atoms with Crippen LogP contribution in [-0.2, 0) is 4.79 Å². The zero-order chi connectivity index (χ0) is 23.8. The van der Waals surface area contributed by atoms with Gasteiger partial charge >= 0.3 is 12.4 Å². The molecule has 3 amide bonds. The maximum atomic E-state index is 13.0. The number of halogens is 3. The van der Waals surface area contributed by atoms with E-state index in [4.69, 9.17) is 10.2 Å². The standard InChI is InChI=1S/C21H15F3N4O5/c22-21(23,24)33-13-5-3-12(4-6-13)28-17(29)11-27(20(28)31)19(25)14-7-8-26-10-15(14)18(30)16-2-1-9-32-16/h1-10,19H,11,25H2. The first-order chi connectivity index (χ1) is 15.7. The third kappa shape index (κ3) is 4.41. The van der Waals surface area contributed by atoms with E-state index in [0.717, 1.165) is 34.1 Å². The maximum Gasteiger partial charge on any atom is 0.573 e. The number of anilines is 1. The van der Waals surface area contributed by atoms with Gasteiger partial charge in [-0.05, 0) is 42.5 Å². The Morgan fingerprint density at radius 2 is 1.88 bits per heavy atom. The zero-order valence-corrected chi connectivity index (χ0v) is 16.7. The number of benzene rings is 1. The molecule has 0 aliphatic carbocycles. The molecule has 0 bridgehead atoms. The molecule has 9 nitrogen and oxygen atoms in total. The van der Waals surface area contributed by atoms with Crippen molar-refractivity contribution in [2.75, 3.05) is 11.4 Å². The van der Waals surface area contributed by atoms with Gasteiger partial charge in [0, 0.05) is 18.0 Å². The molecule has 170 valence electrons. The highest BCUT2D eigenvalue weighted by Gasteiger charge is 2.41. The van der Waals surface area contributed by atoms with Crippen molar-refractivity contribution in [1.82, 2.24) is 9.88 Å². The van der Waals surface area contributed by atoms with Crippen LogP contribution in [0.3, 0.4) is 0 Å². The number of carbonyl (C=O) groups is 3. The number of ketones is 1. The number of alkyl halides is 3. The number of carbonyl (C=O) groups excluding carboxylic acids is 3. The first-order valence-corrected chi connectivity index (χ1v) is 9.43. The summed E-state index contributed by atoms with van der Waals surface area (Å²) in [4.78, 5) is 44.0. The molecule has 1 fully saturated rings. The predicted octanol–water partition coefficient (Wildman–Crippen LogP) is 3.23. The maximum absolute atomic E-state index is 13.0. The lowest BCUT2D eigenvalue weighted by atomic mass is 10.0. The van der Waals surface area contributed by atoms with Crippen molar-refractivity contribution in [3.63, 3.8) is 0 Å². The van der Waals surface area contributed by atoms with Gasteiger partial charge in [-0.25, -0.2) is 9.69 Å². The van der Waals surface area contributed by atoms with E-state index in [1.165, 1.54) is 36.9 Å². The number of hydrogen-bond acceptors (Lipinski definition) is 7. The lowest BCUT2D eigenvalue weighted by Gasteiger charge is -2.25. The first kappa shape index (κ1) is 22.0. The highest BCUT2D eigenvalue weighted by atomic mass is 19.4. The second-order valence-electron chi connectivity index (χ2n) is 6.90. The average Bonchev–Trinajstić information content (AvgIpc) is 3.41. The minimum Gasteiger partial charge on any atom is -0.461 e. The molecule has 2 aromatic heterocycles. The fourth-order valence-corrected chi connectivity index (χ4v) is 3.35. The summed E-state index contributed by atoms with van der Waals surface area (Å²) in [6.45, 7) is -0.405. The Hall–Kier alpha value is -4.19. The van der Waals surface area contributed by atoms with E-state index in [1.54, 1.807) is 0 Å². The molecule has 33 heavy (non-hydrogen) atoms. The van der Waals surface area contributed by atoms with E-state index >= 15 is 0 Å². The molecule has 1 aliphatic rings. The third-order valence-corrected chi connectivity index (χ3v) is 4.82. The molecule has 0 radical (unpaired) electrons. The normalized spacial score (nSPS) is 15.2. The smallest absolute Gasteiger partial charge is 0.461 e. The van der Waals surface area contributed by atoms with Crippen molar-refractivity contribution in [1.29, 1.82) is 0 Å². The van der Waals surface area contributed by atoms with Crippen molar-refractivity contribution in [2.45, 2.75) is 12.5 Å². The van der Waals surface area contributed by atoms with E-state index in [1.807, 2.05) is 0 Å². The van der Waals surface area contributed by atoms with Crippen LogP contribution in [0.4, 0.5) is 23.7 Å². The first-order valence-electron chi connectivity index (χ1n) is 9.43. The Balaban J connectivity index is 1.58. The summed E-state index contributed by atoms with van der Waals surface area (Å²) >= 11 is 0. The van der Waals surface area contributed by atoms with Gasteiger partial charge in [0.25, 0.3) is 5.91 Å². The topological polar surface area (TPSA) is 119 Å². The number of urea groups is 1. The highest BCUT2D eigenvalue weighted by Crippen LogP contribution is 2.30. The SMILES string of the molecule is NC(c1ccncc1C(=O)c1ccco1)N1CC(=O)N(c2ccc(OC(F)(F)F)cc2)C1=O. The van der Waals surface area contributed by atoms with Gasteiger partial charge in [0.1, 0.15) is 18.5 Å². The van der Waals surface area contributed by atoms with Gasteiger partial charge in [0.2, 0.25) is 5.78 Å². The lowest BCUT2D eigenvalue weighted by molar-refractivity contribution is -0.274. The minimum absolute atomic E-state index is 0.0378. The van der Waals surface area contributed by atoms with E-state index in [0.29, 0.717) is 0 Å². The summed E-state index contributed by atoms with van der Waals surface area (Å²) in [7, 11) is 0. The van der Waals surface area contributed by atoms with Gasteiger partial charge in [-0.2, -0.15) is 0 Å². The Kier molecular flexibility index (Phi) is 5.60. The molecule has 1 aliphatic heterocycles. The fourth-order valence-electron chi connectivity index (χ4n) is 3.35. The van der Waals surface area contributed by atoms with E-state index in [2.05, 4.69) is 9.72 Å². The monoisotopic (exact) mass is 460 g/mol. The van der Waals surface area contributed by atoms with Crippen molar-refractivity contribution < 1.29 is 36.7 Å². The van der Waals surface area contributed by atoms with Crippen molar-refractivity contribution in [3.8, 4) is 5.75 Å². The van der Waals surface area contributed by atoms with Crippen LogP contribution >= 0.6 is 0 Å². The Morgan fingerprint density at radius 3 is 2.52 bits per heavy atom. The molecular weight excluding hydrogens is 445 g/mol. The second-order valence-corrected chi connectivity index (χ2v) is 6.90. The van der Waals surface area contributed by atoms with Gasteiger partial charge in [-0.3, -0.25) is 19.5 Å². The molecule has 12 heteroatoms. The number of ether oxygens (including phenoxy) is 1. The number of aromatic nitrogens is 1.